The van der Waals surface area contributed by atoms with Crippen LogP contribution >= 0.6 is 0 Å². The lowest BCUT2D eigenvalue weighted by Gasteiger charge is -2.06. The maximum Gasteiger partial charge on any atom is 0.211 e. The Morgan fingerprint density at radius 1 is 1.50 bits per heavy atom. The lowest BCUT2D eigenvalue weighted by Crippen LogP contribution is -2.25. The molecule has 0 amide bonds. The number of nitrogens with zero attached hydrogens (tertiary/aromatic N) is 2. The van der Waals surface area contributed by atoms with Gasteiger partial charge in [0.05, 0.1) is 5.71 Å². The molecule has 0 radical (unpaired) electrons. The van der Waals surface area contributed by atoms with Crippen LogP contribution in [0.3, 0.4) is 0 Å². The minimum Gasteiger partial charge on any atom is -0.369 e. The molecule has 80 valence electrons. The van der Waals surface area contributed by atoms with E-state index in [1.54, 1.807) is 0 Å². The fourth-order valence-corrected chi connectivity index (χ4v) is 2.75. The Kier molecular flexibility index (Phi) is 3.10. The molecule has 0 spiro atoms. The fourth-order valence-electron chi connectivity index (χ4n) is 1.49. The Hall–Kier alpha value is -1.11. The van der Waals surface area contributed by atoms with Crippen molar-refractivity contribution in [3.8, 4) is 0 Å². The Bertz CT molecular complexity index is 367. The van der Waals surface area contributed by atoms with E-state index in [2.05, 4.69) is 10.2 Å². The maximum atomic E-state index is 11.3. The number of hydrogen-bond donors (Lipinski definition) is 2. The zero-order valence-electron chi connectivity index (χ0n) is 7.97. The number of sulfone groups is 1. The monoisotopic (exact) mass is 218 g/mol. The largest absolute Gasteiger partial charge is 0.369 e. The molecule has 1 aliphatic carbocycles. The molecule has 0 bridgehead atoms. The Balaban J connectivity index is 2.90. The average Bonchev–Trinajstić information content (AvgIpc) is 2.46. The molecule has 1 saturated carbocycles. The molecular weight excluding hydrogens is 204 g/mol. The number of hydrogen-bond acceptors (Lipinski definition) is 4. The van der Waals surface area contributed by atoms with Gasteiger partial charge in [0.2, 0.25) is 5.96 Å². The van der Waals surface area contributed by atoms with Gasteiger partial charge in [-0.15, -0.1) is 5.10 Å². The van der Waals surface area contributed by atoms with E-state index in [1.807, 2.05) is 0 Å². The van der Waals surface area contributed by atoms with Crippen LogP contribution in [0, 0.1) is 0 Å². The third-order valence-electron chi connectivity index (χ3n) is 2.08. The summed E-state index contributed by atoms with van der Waals surface area (Å²) in [6.07, 6.45) is 3.27. The van der Waals surface area contributed by atoms with E-state index in [-0.39, 0.29) is 5.96 Å². The zero-order valence-corrected chi connectivity index (χ0v) is 8.79. The highest BCUT2D eigenvalue weighted by Gasteiger charge is 2.31. The van der Waals surface area contributed by atoms with Gasteiger partial charge in [0, 0.05) is 6.26 Å². The SMILES string of the molecule is CS(=O)(=O)C1CCCC1=NN=C(N)N. The summed E-state index contributed by atoms with van der Waals surface area (Å²) in [5.41, 5.74) is 10.7. The first kappa shape index (κ1) is 11.0. The summed E-state index contributed by atoms with van der Waals surface area (Å²) < 4.78 is 22.6. The smallest absolute Gasteiger partial charge is 0.211 e. The van der Waals surface area contributed by atoms with Gasteiger partial charge < -0.3 is 11.5 Å². The highest BCUT2D eigenvalue weighted by atomic mass is 32.2. The minimum atomic E-state index is -3.08. The highest BCUT2D eigenvalue weighted by molar-refractivity contribution is 7.92. The summed E-state index contributed by atoms with van der Waals surface area (Å²) >= 11 is 0. The van der Waals surface area contributed by atoms with Gasteiger partial charge in [0.15, 0.2) is 9.84 Å². The van der Waals surface area contributed by atoms with Gasteiger partial charge in [0.1, 0.15) is 5.25 Å². The van der Waals surface area contributed by atoms with Crippen LogP contribution in [0.25, 0.3) is 0 Å². The van der Waals surface area contributed by atoms with Gasteiger partial charge in [-0.2, -0.15) is 5.10 Å². The van der Waals surface area contributed by atoms with Crippen molar-refractivity contribution in [2.24, 2.45) is 21.7 Å². The first-order valence-electron chi connectivity index (χ1n) is 4.25. The Labute approximate surface area is 83.0 Å². The van der Waals surface area contributed by atoms with Crippen molar-refractivity contribution in [3.63, 3.8) is 0 Å². The van der Waals surface area contributed by atoms with Crippen molar-refractivity contribution < 1.29 is 8.42 Å². The summed E-state index contributed by atoms with van der Waals surface area (Å²) in [6, 6.07) is 0. The third-order valence-corrected chi connectivity index (χ3v) is 3.62. The van der Waals surface area contributed by atoms with Crippen LogP contribution in [-0.2, 0) is 9.84 Å². The summed E-state index contributed by atoms with van der Waals surface area (Å²) in [5.74, 6) is -0.156. The van der Waals surface area contributed by atoms with Gasteiger partial charge in [-0.05, 0) is 19.3 Å². The van der Waals surface area contributed by atoms with Gasteiger partial charge in [-0.1, -0.05) is 0 Å². The molecule has 1 aliphatic rings. The van der Waals surface area contributed by atoms with Crippen LogP contribution in [0.4, 0.5) is 0 Å². The van der Waals surface area contributed by atoms with Gasteiger partial charge in [-0.25, -0.2) is 8.42 Å². The van der Waals surface area contributed by atoms with Gasteiger partial charge in [0.25, 0.3) is 0 Å². The molecule has 0 aliphatic heterocycles. The fraction of sp³-hybridized carbons (Fsp3) is 0.714. The topological polar surface area (TPSA) is 111 Å². The molecule has 0 aromatic heterocycles. The Morgan fingerprint density at radius 3 is 2.64 bits per heavy atom. The zero-order chi connectivity index (χ0) is 10.8. The molecule has 0 heterocycles. The van der Waals surface area contributed by atoms with E-state index in [9.17, 15) is 8.42 Å². The van der Waals surface area contributed by atoms with E-state index in [1.165, 1.54) is 6.26 Å². The van der Waals surface area contributed by atoms with Crippen LogP contribution in [0.2, 0.25) is 0 Å². The lowest BCUT2D eigenvalue weighted by atomic mass is 10.3. The van der Waals surface area contributed by atoms with Gasteiger partial charge >= 0.3 is 0 Å². The van der Waals surface area contributed by atoms with Crippen LogP contribution in [0.5, 0.6) is 0 Å². The molecule has 1 rings (SSSR count). The minimum absolute atomic E-state index is 0.156. The summed E-state index contributed by atoms with van der Waals surface area (Å²) in [4.78, 5) is 0. The van der Waals surface area contributed by atoms with E-state index >= 15 is 0 Å². The lowest BCUT2D eigenvalue weighted by molar-refractivity contribution is 0.595. The maximum absolute atomic E-state index is 11.3. The van der Waals surface area contributed by atoms with E-state index in [0.717, 1.165) is 6.42 Å². The Morgan fingerprint density at radius 2 is 2.14 bits per heavy atom. The summed E-state index contributed by atoms with van der Waals surface area (Å²) in [6.45, 7) is 0. The van der Waals surface area contributed by atoms with Crippen molar-refractivity contribution in [1.82, 2.24) is 0 Å². The second-order valence-electron chi connectivity index (χ2n) is 3.33. The molecule has 6 nitrogen and oxygen atoms in total. The van der Waals surface area contributed by atoms with Gasteiger partial charge in [-0.3, -0.25) is 0 Å². The van der Waals surface area contributed by atoms with E-state index in [0.29, 0.717) is 18.6 Å². The summed E-state index contributed by atoms with van der Waals surface area (Å²) in [5, 5.41) is 6.70. The van der Waals surface area contributed by atoms with Crippen LogP contribution in [-0.4, -0.2) is 31.6 Å². The first-order valence-corrected chi connectivity index (χ1v) is 6.21. The molecule has 1 fully saturated rings. The molecular formula is C7H14N4O2S. The van der Waals surface area contributed by atoms with Crippen molar-refractivity contribution in [2.75, 3.05) is 6.26 Å². The predicted octanol–water partition coefficient (Wildman–Crippen LogP) is -0.787. The molecule has 4 N–H and O–H groups in total. The van der Waals surface area contributed by atoms with Crippen molar-refractivity contribution in [3.05, 3.63) is 0 Å². The molecule has 1 unspecified atom stereocenters. The van der Waals surface area contributed by atoms with Crippen LogP contribution in [0.1, 0.15) is 19.3 Å². The van der Waals surface area contributed by atoms with Crippen LogP contribution < -0.4 is 11.5 Å². The number of rotatable bonds is 2. The van der Waals surface area contributed by atoms with Crippen LogP contribution in [0.15, 0.2) is 10.2 Å². The quantitative estimate of drug-likeness (QED) is 0.359. The second-order valence-corrected chi connectivity index (χ2v) is 5.55. The van der Waals surface area contributed by atoms with E-state index in [4.69, 9.17) is 11.5 Å². The molecule has 0 aromatic rings. The molecule has 7 heteroatoms. The molecule has 14 heavy (non-hydrogen) atoms. The molecule has 1 atom stereocenters. The number of nitrogens with two attached hydrogens (primary N) is 2. The molecule has 0 aromatic carbocycles. The van der Waals surface area contributed by atoms with E-state index < -0.39 is 15.1 Å². The van der Waals surface area contributed by atoms with Crippen molar-refractivity contribution in [2.45, 2.75) is 24.5 Å². The van der Waals surface area contributed by atoms with Crippen molar-refractivity contribution in [1.29, 1.82) is 0 Å². The molecule has 0 saturated heterocycles. The first-order chi connectivity index (χ1) is 6.41. The normalized spacial score (nSPS) is 25.2. The standard InChI is InChI=1S/C7H14N4O2S/c1-14(12,13)6-4-2-3-5(6)10-11-7(8)9/h6H,2-4H2,1H3,(H4,8,9,11). The highest BCUT2D eigenvalue weighted by Crippen LogP contribution is 2.22. The second kappa shape index (κ2) is 3.95. The number of guanidine groups is 1. The average molecular weight is 218 g/mol. The third kappa shape index (κ3) is 2.69. The summed E-state index contributed by atoms with van der Waals surface area (Å²) in [7, 11) is -3.08. The van der Waals surface area contributed by atoms with Crippen molar-refractivity contribution >= 4 is 21.5 Å². The predicted molar refractivity (Wildman–Crippen MR) is 55.7 cm³/mol.